The molecule has 2 aliphatic rings. The van der Waals surface area contributed by atoms with Crippen LogP contribution in [0.1, 0.15) is 43.0 Å². The van der Waals surface area contributed by atoms with Gasteiger partial charge in [0.15, 0.2) is 0 Å². The quantitative estimate of drug-likeness (QED) is 0.897. The van der Waals surface area contributed by atoms with E-state index in [1.807, 2.05) is 36.1 Å². The molecule has 2 atom stereocenters. The largest absolute Gasteiger partial charge is 0.492 e. The number of hydrogen-bond donors (Lipinski definition) is 1. The molecule has 0 spiro atoms. The SMILES string of the molecule is CC(N)C1CCCN(C(=O)c2ccccc2OCC2CC2)C1.Cl. The minimum absolute atomic E-state index is 0. The number of hydrogen-bond acceptors (Lipinski definition) is 3. The van der Waals surface area contributed by atoms with Crippen molar-refractivity contribution in [2.24, 2.45) is 17.6 Å². The standard InChI is InChI=1S/C18H26N2O2.ClH/c1-13(19)15-5-4-10-20(11-15)18(21)16-6-2-3-7-17(16)22-12-14-8-9-14;/h2-3,6-7,13-15H,4-5,8-12,19H2,1H3;1H. The molecule has 2 N–H and O–H groups in total. The lowest BCUT2D eigenvalue weighted by Crippen LogP contribution is -2.45. The Balaban J connectivity index is 0.00000192. The molecule has 0 aromatic heterocycles. The molecule has 0 bridgehead atoms. The van der Waals surface area contributed by atoms with Crippen molar-refractivity contribution in [2.45, 2.75) is 38.6 Å². The van der Waals surface area contributed by atoms with Crippen LogP contribution < -0.4 is 10.5 Å². The summed E-state index contributed by atoms with van der Waals surface area (Å²) in [6, 6.07) is 7.75. The van der Waals surface area contributed by atoms with Crippen LogP contribution in [-0.2, 0) is 0 Å². The van der Waals surface area contributed by atoms with Crippen LogP contribution in [0.3, 0.4) is 0 Å². The maximum Gasteiger partial charge on any atom is 0.257 e. The second kappa shape index (κ2) is 8.02. The lowest BCUT2D eigenvalue weighted by atomic mass is 9.92. The average molecular weight is 339 g/mol. The topological polar surface area (TPSA) is 55.6 Å². The zero-order chi connectivity index (χ0) is 15.5. The first-order chi connectivity index (χ1) is 10.6. The number of amides is 1. The fourth-order valence-corrected chi connectivity index (χ4v) is 3.06. The highest BCUT2D eigenvalue weighted by Crippen LogP contribution is 2.31. The third kappa shape index (κ3) is 4.61. The Hall–Kier alpha value is -1.26. The van der Waals surface area contributed by atoms with Gasteiger partial charge in [0, 0.05) is 19.1 Å². The predicted molar refractivity (Wildman–Crippen MR) is 94.2 cm³/mol. The summed E-state index contributed by atoms with van der Waals surface area (Å²) in [5.41, 5.74) is 6.71. The van der Waals surface area contributed by atoms with Gasteiger partial charge in [-0.05, 0) is 56.6 Å². The summed E-state index contributed by atoms with van der Waals surface area (Å²) in [5, 5.41) is 0. The van der Waals surface area contributed by atoms with E-state index in [0.717, 1.165) is 38.3 Å². The van der Waals surface area contributed by atoms with Gasteiger partial charge < -0.3 is 15.4 Å². The van der Waals surface area contributed by atoms with Gasteiger partial charge in [-0.2, -0.15) is 0 Å². The summed E-state index contributed by atoms with van der Waals surface area (Å²) in [5.74, 6) is 1.89. The number of para-hydroxylation sites is 1. The average Bonchev–Trinajstić information content (AvgIpc) is 3.37. The molecule has 23 heavy (non-hydrogen) atoms. The lowest BCUT2D eigenvalue weighted by molar-refractivity contribution is 0.0656. The van der Waals surface area contributed by atoms with Crippen LogP contribution in [0.15, 0.2) is 24.3 Å². The maximum atomic E-state index is 12.9. The predicted octanol–water partition coefficient (Wildman–Crippen LogP) is 3.10. The number of rotatable bonds is 5. The number of nitrogens with zero attached hydrogens (tertiary/aromatic N) is 1. The Morgan fingerprint density at radius 3 is 2.78 bits per heavy atom. The van der Waals surface area contributed by atoms with E-state index in [-0.39, 0.29) is 24.4 Å². The van der Waals surface area contributed by atoms with Gasteiger partial charge in [-0.15, -0.1) is 12.4 Å². The molecule has 1 saturated carbocycles. The Labute approximate surface area is 144 Å². The van der Waals surface area contributed by atoms with E-state index in [1.165, 1.54) is 12.8 Å². The minimum Gasteiger partial charge on any atom is -0.492 e. The van der Waals surface area contributed by atoms with Crippen molar-refractivity contribution < 1.29 is 9.53 Å². The zero-order valence-electron chi connectivity index (χ0n) is 13.7. The lowest BCUT2D eigenvalue weighted by Gasteiger charge is -2.35. The van der Waals surface area contributed by atoms with Gasteiger partial charge in [0.25, 0.3) is 5.91 Å². The van der Waals surface area contributed by atoms with Crippen LogP contribution in [0.5, 0.6) is 5.75 Å². The molecule has 4 nitrogen and oxygen atoms in total. The third-order valence-electron chi connectivity index (χ3n) is 4.78. The number of carbonyl (C=O) groups excluding carboxylic acids is 1. The van der Waals surface area contributed by atoms with Crippen molar-refractivity contribution in [1.82, 2.24) is 4.90 Å². The van der Waals surface area contributed by atoms with Gasteiger partial charge in [0.2, 0.25) is 0 Å². The van der Waals surface area contributed by atoms with Gasteiger partial charge >= 0.3 is 0 Å². The van der Waals surface area contributed by atoms with Gasteiger partial charge in [-0.25, -0.2) is 0 Å². The molecule has 2 unspecified atom stereocenters. The molecule has 1 heterocycles. The summed E-state index contributed by atoms with van der Waals surface area (Å²) in [6.45, 7) is 4.34. The molecule has 1 amide bonds. The molecule has 1 saturated heterocycles. The normalized spacial score (nSPS) is 22.2. The first-order valence-electron chi connectivity index (χ1n) is 8.42. The first kappa shape index (κ1) is 18.1. The molecule has 1 aromatic rings. The van der Waals surface area contributed by atoms with Crippen molar-refractivity contribution >= 4 is 18.3 Å². The second-order valence-electron chi connectivity index (χ2n) is 6.76. The highest BCUT2D eigenvalue weighted by molar-refractivity contribution is 5.97. The fraction of sp³-hybridized carbons (Fsp3) is 0.611. The Morgan fingerprint density at radius 2 is 2.09 bits per heavy atom. The van der Waals surface area contributed by atoms with E-state index in [4.69, 9.17) is 10.5 Å². The highest BCUT2D eigenvalue weighted by atomic mass is 35.5. The van der Waals surface area contributed by atoms with E-state index < -0.39 is 0 Å². The minimum atomic E-state index is 0. The number of likely N-dealkylation sites (tertiary alicyclic amines) is 1. The smallest absolute Gasteiger partial charge is 0.257 e. The van der Waals surface area contributed by atoms with Crippen molar-refractivity contribution in [2.75, 3.05) is 19.7 Å². The summed E-state index contributed by atoms with van der Waals surface area (Å²) >= 11 is 0. The Kier molecular flexibility index (Phi) is 6.31. The molecular formula is C18H27ClN2O2. The molecule has 5 heteroatoms. The van der Waals surface area contributed by atoms with Crippen molar-refractivity contribution in [3.63, 3.8) is 0 Å². The second-order valence-corrected chi connectivity index (χ2v) is 6.76. The molecule has 1 aromatic carbocycles. The molecule has 0 radical (unpaired) electrons. The molecule has 3 rings (SSSR count). The Morgan fingerprint density at radius 1 is 1.35 bits per heavy atom. The van der Waals surface area contributed by atoms with Gasteiger partial charge in [0.1, 0.15) is 5.75 Å². The van der Waals surface area contributed by atoms with Crippen LogP contribution in [0.4, 0.5) is 0 Å². The van der Waals surface area contributed by atoms with Crippen molar-refractivity contribution in [3.8, 4) is 5.75 Å². The van der Waals surface area contributed by atoms with Crippen molar-refractivity contribution in [1.29, 1.82) is 0 Å². The van der Waals surface area contributed by atoms with E-state index in [1.54, 1.807) is 0 Å². The van der Waals surface area contributed by atoms with Crippen LogP contribution in [0.2, 0.25) is 0 Å². The highest BCUT2D eigenvalue weighted by Gasteiger charge is 2.28. The van der Waals surface area contributed by atoms with Gasteiger partial charge in [0.05, 0.1) is 12.2 Å². The fourth-order valence-electron chi connectivity index (χ4n) is 3.06. The molecule has 2 fully saturated rings. The third-order valence-corrected chi connectivity index (χ3v) is 4.78. The molecule has 128 valence electrons. The summed E-state index contributed by atoms with van der Waals surface area (Å²) in [6.07, 6.45) is 4.64. The summed E-state index contributed by atoms with van der Waals surface area (Å²) in [4.78, 5) is 14.8. The summed E-state index contributed by atoms with van der Waals surface area (Å²) < 4.78 is 5.88. The number of benzene rings is 1. The van der Waals surface area contributed by atoms with Crippen LogP contribution in [-0.4, -0.2) is 36.5 Å². The van der Waals surface area contributed by atoms with Crippen molar-refractivity contribution in [3.05, 3.63) is 29.8 Å². The molecule has 1 aliphatic heterocycles. The number of carbonyl (C=O) groups is 1. The zero-order valence-corrected chi connectivity index (χ0v) is 14.6. The first-order valence-corrected chi connectivity index (χ1v) is 8.42. The van der Waals surface area contributed by atoms with Crippen LogP contribution in [0.25, 0.3) is 0 Å². The maximum absolute atomic E-state index is 12.9. The van der Waals surface area contributed by atoms with Gasteiger partial charge in [-0.3, -0.25) is 4.79 Å². The van der Waals surface area contributed by atoms with Crippen LogP contribution in [0, 0.1) is 11.8 Å². The van der Waals surface area contributed by atoms with Gasteiger partial charge in [-0.1, -0.05) is 12.1 Å². The van der Waals surface area contributed by atoms with E-state index >= 15 is 0 Å². The van der Waals surface area contributed by atoms with E-state index in [9.17, 15) is 4.79 Å². The Bertz CT molecular complexity index is 532. The van der Waals surface area contributed by atoms with E-state index in [0.29, 0.717) is 17.4 Å². The number of ether oxygens (including phenoxy) is 1. The number of halogens is 1. The van der Waals surface area contributed by atoms with Crippen LogP contribution >= 0.6 is 12.4 Å². The molecule has 1 aliphatic carbocycles. The molecular weight excluding hydrogens is 312 g/mol. The number of nitrogens with two attached hydrogens (primary N) is 1. The summed E-state index contributed by atoms with van der Waals surface area (Å²) in [7, 11) is 0. The number of piperidine rings is 1. The monoisotopic (exact) mass is 338 g/mol. The van der Waals surface area contributed by atoms with E-state index in [2.05, 4.69) is 0 Å².